The van der Waals surface area contributed by atoms with Crippen molar-refractivity contribution in [3.8, 4) is 0 Å². The van der Waals surface area contributed by atoms with Gasteiger partial charge in [0.2, 0.25) is 15.9 Å². The maximum atomic E-state index is 12.3. The van der Waals surface area contributed by atoms with E-state index in [2.05, 4.69) is 4.72 Å². The summed E-state index contributed by atoms with van der Waals surface area (Å²) in [5.74, 6) is -0.102. The predicted octanol–water partition coefficient (Wildman–Crippen LogP) is 3.41. The monoisotopic (exact) mass is 364 g/mol. The van der Waals surface area contributed by atoms with Crippen LogP contribution >= 0.6 is 11.6 Å². The van der Waals surface area contributed by atoms with Crippen LogP contribution in [0.3, 0.4) is 0 Å². The second kappa shape index (κ2) is 6.83. The van der Waals surface area contributed by atoms with Crippen molar-refractivity contribution in [2.75, 3.05) is 16.2 Å². The Morgan fingerprint density at radius 1 is 1.12 bits per heavy atom. The molecule has 1 heterocycles. The summed E-state index contributed by atoms with van der Waals surface area (Å²) in [6, 6.07) is 13.6. The molecular weight excluding hydrogens is 348 g/mol. The van der Waals surface area contributed by atoms with E-state index >= 15 is 0 Å². The third kappa shape index (κ3) is 4.07. The third-order valence-corrected chi connectivity index (χ3v) is 5.25. The van der Waals surface area contributed by atoms with Crippen LogP contribution in [0.25, 0.3) is 0 Å². The van der Waals surface area contributed by atoms with Crippen LogP contribution in [0.2, 0.25) is 5.02 Å². The number of amides is 1. The van der Waals surface area contributed by atoms with Crippen molar-refractivity contribution in [3.63, 3.8) is 0 Å². The first-order chi connectivity index (χ1) is 11.4. The highest BCUT2D eigenvalue weighted by atomic mass is 35.5. The molecule has 0 aromatic heterocycles. The van der Waals surface area contributed by atoms with Gasteiger partial charge >= 0.3 is 0 Å². The molecule has 0 radical (unpaired) electrons. The summed E-state index contributed by atoms with van der Waals surface area (Å²) in [5.41, 5.74) is 1.76. The Labute approximate surface area is 146 Å². The Bertz CT molecular complexity index is 868. The Hall–Kier alpha value is -2.05. The number of anilines is 2. The highest BCUT2D eigenvalue weighted by molar-refractivity contribution is 7.91. The zero-order valence-electron chi connectivity index (χ0n) is 12.9. The molecule has 1 aliphatic rings. The number of nitrogens with zero attached hydrogens (tertiary/aromatic N) is 1. The molecule has 2 aromatic rings. The van der Waals surface area contributed by atoms with E-state index in [1.807, 2.05) is 0 Å². The molecule has 3 rings (SSSR count). The van der Waals surface area contributed by atoms with Gasteiger partial charge in [0.1, 0.15) is 0 Å². The van der Waals surface area contributed by atoms with Gasteiger partial charge in [0.25, 0.3) is 0 Å². The van der Waals surface area contributed by atoms with Crippen LogP contribution in [0.15, 0.2) is 48.5 Å². The zero-order chi connectivity index (χ0) is 17.2. The molecule has 5 nitrogen and oxygen atoms in total. The molecule has 7 heteroatoms. The Morgan fingerprint density at radius 2 is 1.92 bits per heavy atom. The standard InChI is InChI=1S/C17H17ClN2O3S/c18-14-5-1-4-13(10-14)12-24(22,23)19-15-6-2-7-16(11-15)20-9-3-8-17(20)21/h1-2,4-7,10-11,19H,3,8-9,12H2. The van der Waals surface area contributed by atoms with E-state index in [4.69, 9.17) is 11.6 Å². The van der Waals surface area contributed by atoms with Crippen molar-refractivity contribution in [1.29, 1.82) is 0 Å². The predicted molar refractivity (Wildman–Crippen MR) is 95.7 cm³/mol. The van der Waals surface area contributed by atoms with E-state index in [9.17, 15) is 13.2 Å². The number of benzene rings is 2. The van der Waals surface area contributed by atoms with Crippen molar-refractivity contribution < 1.29 is 13.2 Å². The lowest BCUT2D eigenvalue weighted by molar-refractivity contribution is -0.117. The van der Waals surface area contributed by atoms with Crippen molar-refractivity contribution in [1.82, 2.24) is 0 Å². The summed E-state index contributed by atoms with van der Waals surface area (Å²) in [4.78, 5) is 13.5. The number of carbonyl (C=O) groups is 1. The number of sulfonamides is 1. The van der Waals surface area contributed by atoms with Crippen molar-refractivity contribution >= 4 is 38.9 Å². The molecule has 0 bridgehead atoms. The number of rotatable bonds is 5. The number of hydrogen-bond acceptors (Lipinski definition) is 3. The van der Waals surface area contributed by atoms with Crippen LogP contribution in [-0.4, -0.2) is 20.9 Å². The lowest BCUT2D eigenvalue weighted by Gasteiger charge is -2.17. The minimum absolute atomic E-state index is 0.0638. The summed E-state index contributed by atoms with van der Waals surface area (Å²) in [6.07, 6.45) is 1.36. The molecule has 0 aliphatic carbocycles. The summed E-state index contributed by atoms with van der Waals surface area (Å²) >= 11 is 5.89. The zero-order valence-corrected chi connectivity index (χ0v) is 14.5. The van der Waals surface area contributed by atoms with E-state index < -0.39 is 10.0 Å². The highest BCUT2D eigenvalue weighted by Gasteiger charge is 2.22. The lowest BCUT2D eigenvalue weighted by Crippen LogP contribution is -2.23. The Balaban J connectivity index is 1.76. The summed E-state index contributed by atoms with van der Waals surface area (Å²) in [6.45, 7) is 0.664. The van der Waals surface area contributed by atoms with E-state index in [0.717, 1.165) is 6.42 Å². The molecule has 24 heavy (non-hydrogen) atoms. The van der Waals surface area contributed by atoms with Crippen molar-refractivity contribution in [3.05, 3.63) is 59.1 Å². The first-order valence-electron chi connectivity index (χ1n) is 7.58. The van der Waals surface area contributed by atoms with Crippen LogP contribution in [-0.2, 0) is 20.6 Å². The van der Waals surface area contributed by atoms with Gasteiger partial charge in [-0.25, -0.2) is 8.42 Å². The fraction of sp³-hybridized carbons (Fsp3) is 0.235. The topological polar surface area (TPSA) is 66.5 Å². The fourth-order valence-corrected chi connectivity index (χ4v) is 4.11. The SMILES string of the molecule is O=C1CCCN1c1cccc(NS(=O)(=O)Cc2cccc(Cl)c2)c1. The summed E-state index contributed by atoms with van der Waals surface area (Å²) < 4.78 is 27.2. The Morgan fingerprint density at radius 3 is 2.62 bits per heavy atom. The average molecular weight is 365 g/mol. The van der Waals surface area contributed by atoms with E-state index in [1.165, 1.54) is 0 Å². The molecular formula is C17H17ClN2O3S. The van der Waals surface area contributed by atoms with Crippen molar-refractivity contribution in [2.45, 2.75) is 18.6 Å². The first-order valence-corrected chi connectivity index (χ1v) is 9.61. The lowest BCUT2D eigenvalue weighted by atomic mass is 10.2. The quantitative estimate of drug-likeness (QED) is 0.884. The minimum Gasteiger partial charge on any atom is -0.312 e. The van der Waals surface area contributed by atoms with Crippen LogP contribution in [0.5, 0.6) is 0 Å². The molecule has 1 saturated heterocycles. The molecule has 0 atom stereocenters. The number of hydrogen-bond donors (Lipinski definition) is 1. The van der Waals surface area contributed by atoms with Crippen LogP contribution in [0.1, 0.15) is 18.4 Å². The van der Waals surface area contributed by atoms with Crippen LogP contribution in [0.4, 0.5) is 11.4 Å². The van der Waals surface area contributed by atoms with Gasteiger partial charge in [-0.05, 0) is 42.3 Å². The number of nitrogens with one attached hydrogen (secondary N) is 1. The average Bonchev–Trinajstić information content (AvgIpc) is 2.92. The number of halogens is 1. The molecule has 1 amide bonds. The van der Waals surface area contributed by atoms with Crippen LogP contribution in [0, 0.1) is 0 Å². The molecule has 126 valence electrons. The Kier molecular flexibility index (Phi) is 4.78. The number of carbonyl (C=O) groups excluding carboxylic acids is 1. The minimum atomic E-state index is -3.57. The van der Waals surface area contributed by atoms with Crippen molar-refractivity contribution in [2.24, 2.45) is 0 Å². The summed E-state index contributed by atoms with van der Waals surface area (Å²) in [5, 5.41) is 0.497. The second-order valence-electron chi connectivity index (χ2n) is 5.69. The largest absolute Gasteiger partial charge is 0.312 e. The third-order valence-electron chi connectivity index (χ3n) is 3.75. The van der Waals surface area contributed by atoms with Gasteiger partial charge in [-0.15, -0.1) is 0 Å². The molecule has 1 fully saturated rings. The molecule has 0 unspecified atom stereocenters. The molecule has 0 saturated carbocycles. The van der Waals surface area contributed by atoms with Gasteiger partial charge in [-0.3, -0.25) is 9.52 Å². The molecule has 1 N–H and O–H groups in total. The van der Waals surface area contributed by atoms with E-state index in [1.54, 1.807) is 53.4 Å². The van der Waals surface area contributed by atoms with Gasteiger partial charge in [0.15, 0.2) is 0 Å². The van der Waals surface area contributed by atoms with Gasteiger partial charge in [0, 0.05) is 23.7 Å². The van der Waals surface area contributed by atoms with E-state index in [0.29, 0.717) is 34.9 Å². The van der Waals surface area contributed by atoms with E-state index in [-0.39, 0.29) is 11.7 Å². The van der Waals surface area contributed by atoms with Gasteiger partial charge < -0.3 is 4.90 Å². The van der Waals surface area contributed by atoms with Gasteiger partial charge in [-0.2, -0.15) is 0 Å². The molecule has 2 aromatic carbocycles. The maximum Gasteiger partial charge on any atom is 0.236 e. The normalized spacial score (nSPS) is 14.9. The second-order valence-corrected chi connectivity index (χ2v) is 7.85. The summed E-state index contributed by atoms with van der Waals surface area (Å²) in [7, 11) is -3.57. The first kappa shape index (κ1) is 16.8. The maximum absolute atomic E-state index is 12.3. The smallest absolute Gasteiger partial charge is 0.236 e. The highest BCUT2D eigenvalue weighted by Crippen LogP contribution is 2.25. The van der Waals surface area contributed by atoms with Gasteiger partial charge in [0.05, 0.1) is 11.4 Å². The fourth-order valence-electron chi connectivity index (χ4n) is 2.72. The molecule has 1 aliphatic heterocycles. The van der Waals surface area contributed by atoms with Gasteiger partial charge in [-0.1, -0.05) is 29.8 Å². The molecule has 0 spiro atoms. The van der Waals surface area contributed by atoms with Crippen LogP contribution < -0.4 is 9.62 Å².